The molecule has 1 unspecified atom stereocenters. The Morgan fingerprint density at radius 3 is 2.54 bits per heavy atom. The van der Waals surface area contributed by atoms with E-state index in [9.17, 15) is 4.21 Å². The van der Waals surface area contributed by atoms with Gasteiger partial charge in [-0.1, -0.05) is 0 Å². The highest BCUT2D eigenvalue weighted by atomic mass is 32.2. The number of hydrogen-bond acceptors (Lipinski definition) is 3. The van der Waals surface area contributed by atoms with Crippen molar-refractivity contribution in [3.63, 3.8) is 0 Å². The number of nitrogens with two attached hydrogens (primary N) is 1. The lowest BCUT2D eigenvalue weighted by atomic mass is 9.93. The summed E-state index contributed by atoms with van der Waals surface area (Å²) in [7, 11) is -0.799. The van der Waals surface area contributed by atoms with E-state index in [0.29, 0.717) is 24.5 Å². The maximum Gasteiger partial charge on any atom is 0.0684 e. The third-order valence-electron chi connectivity index (χ3n) is 1.83. The lowest BCUT2D eigenvalue weighted by molar-refractivity contribution is 0.479. The summed E-state index contributed by atoms with van der Waals surface area (Å²) < 4.78 is 11.3. The van der Waals surface area contributed by atoms with E-state index < -0.39 is 10.8 Å². The number of nitriles is 1. The average Bonchev–Trinajstić information content (AvgIpc) is 2.11. The molecule has 76 valence electrons. The normalized spacial score (nSPS) is 13.7. The molecule has 0 aliphatic carbocycles. The van der Waals surface area contributed by atoms with Crippen LogP contribution in [0.2, 0.25) is 0 Å². The molecule has 0 aromatic carbocycles. The van der Waals surface area contributed by atoms with Crippen LogP contribution in [0, 0.1) is 16.7 Å². The van der Waals surface area contributed by atoms with Crippen molar-refractivity contribution in [2.24, 2.45) is 11.1 Å². The maximum absolute atomic E-state index is 11.3. The van der Waals surface area contributed by atoms with Gasteiger partial charge in [0.05, 0.1) is 11.5 Å². The van der Waals surface area contributed by atoms with Crippen LogP contribution in [-0.2, 0) is 10.8 Å². The Morgan fingerprint density at radius 1 is 1.46 bits per heavy atom. The molecule has 0 spiro atoms. The van der Waals surface area contributed by atoms with Gasteiger partial charge < -0.3 is 5.73 Å². The molecule has 0 saturated heterocycles. The molecule has 0 radical (unpaired) electrons. The van der Waals surface area contributed by atoms with Gasteiger partial charge in [-0.15, -0.1) is 0 Å². The molecule has 0 saturated carbocycles. The summed E-state index contributed by atoms with van der Waals surface area (Å²) in [5.74, 6) is 1.28. The molecule has 0 aliphatic rings. The van der Waals surface area contributed by atoms with E-state index in [1.807, 2.05) is 13.8 Å². The van der Waals surface area contributed by atoms with Gasteiger partial charge in [0, 0.05) is 22.3 Å². The van der Waals surface area contributed by atoms with E-state index in [4.69, 9.17) is 11.0 Å². The van der Waals surface area contributed by atoms with E-state index in [1.165, 1.54) is 0 Å². The highest BCUT2D eigenvalue weighted by Gasteiger charge is 2.17. The van der Waals surface area contributed by atoms with Gasteiger partial charge in [0.15, 0.2) is 0 Å². The summed E-state index contributed by atoms with van der Waals surface area (Å²) in [5.41, 5.74) is 4.95. The Balaban J connectivity index is 3.65. The largest absolute Gasteiger partial charge is 0.330 e. The molecule has 13 heavy (non-hydrogen) atoms. The van der Waals surface area contributed by atoms with Crippen LogP contribution in [0.15, 0.2) is 0 Å². The summed E-state index contributed by atoms with van der Waals surface area (Å²) in [4.78, 5) is 0. The van der Waals surface area contributed by atoms with Gasteiger partial charge in [0.2, 0.25) is 0 Å². The third-order valence-corrected chi connectivity index (χ3v) is 3.24. The van der Waals surface area contributed by atoms with Crippen LogP contribution in [0.4, 0.5) is 0 Å². The molecule has 2 N–H and O–H groups in total. The van der Waals surface area contributed by atoms with Gasteiger partial charge in [0.25, 0.3) is 0 Å². The lowest BCUT2D eigenvalue weighted by Gasteiger charge is -2.13. The quantitative estimate of drug-likeness (QED) is 0.699. The first kappa shape index (κ1) is 12.6. The Bertz CT molecular complexity index is 208. The number of hydrogen-bond donors (Lipinski definition) is 1. The highest BCUT2D eigenvalue weighted by Crippen LogP contribution is 2.18. The minimum absolute atomic E-state index is 0.349. The molecule has 4 heteroatoms. The van der Waals surface area contributed by atoms with Crippen LogP contribution >= 0.6 is 0 Å². The second-order valence-electron chi connectivity index (χ2n) is 3.74. The Labute approximate surface area is 82.8 Å². The van der Waals surface area contributed by atoms with Gasteiger partial charge >= 0.3 is 0 Å². The van der Waals surface area contributed by atoms with E-state index in [-0.39, 0.29) is 5.41 Å². The lowest BCUT2D eigenvalue weighted by Crippen LogP contribution is -2.15. The van der Waals surface area contributed by atoms with Crippen molar-refractivity contribution >= 4 is 10.8 Å². The van der Waals surface area contributed by atoms with Gasteiger partial charge in [-0.3, -0.25) is 4.21 Å². The fourth-order valence-electron chi connectivity index (χ4n) is 0.771. The molecule has 0 bridgehead atoms. The zero-order valence-corrected chi connectivity index (χ0v) is 9.19. The van der Waals surface area contributed by atoms with Crippen LogP contribution < -0.4 is 5.73 Å². The minimum atomic E-state index is -0.799. The fourth-order valence-corrected chi connectivity index (χ4v) is 2.20. The Kier molecular flexibility index (Phi) is 5.93. The van der Waals surface area contributed by atoms with Crippen molar-refractivity contribution in [2.75, 3.05) is 18.1 Å². The number of rotatable bonds is 6. The smallest absolute Gasteiger partial charge is 0.0684 e. The van der Waals surface area contributed by atoms with Crippen LogP contribution in [0.25, 0.3) is 0 Å². The van der Waals surface area contributed by atoms with Crippen molar-refractivity contribution < 1.29 is 4.21 Å². The number of nitrogens with zero attached hydrogens (tertiary/aromatic N) is 1. The van der Waals surface area contributed by atoms with E-state index in [2.05, 4.69) is 6.07 Å². The molecule has 0 fully saturated rings. The average molecular weight is 202 g/mol. The molecule has 0 rings (SSSR count). The summed E-state index contributed by atoms with van der Waals surface area (Å²) in [6, 6.07) is 2.19. The first-order valence-corrected chi connectivity index (χ1v) is 5.97. The van der Waals surface area contributed by atoms with Crippen LogP contribution in [-0.4, -0.2) is 22.3 Å². The van der Waals surface area contributed by atoms with Crippen LogP contribution in [0.5, 0.6) is 0 Å². The summed E-state index contributed by atoms with van der Waals surface area (Å²) in [6.45, 7) is 4.33. The predicted molar refractivity (Wildman–Crippen MR) is 55.6 cm³/mol. The molecule has 0 aromatic rings. The van der Waals surface area contributed by atoms with Crippen LogP contribution in [0.1, 0.15) is 26.7 Å². The van der Waals surface area contributed by atoms with Gasteiger partial charge in [-0.25, -0.2) is 0 Å². The first-order valence-electron chi connectivity index (χ1n) is 4.48. The Hall–Kier alpha value is -0.400. The third kappa shape index (κ3) is 6.73. The predicted octanol–water partition coefficient (Wildman–Crippen LogP) is 1.02. The molecular weight excluding hydrogens is 184 g/mol. The maximum atomic E-state index is 11.3. The van der Waals surface area contributed by atoms with Gasteiger partial charge in [0.1, 0.15) is 0 Å². The molecular formula is C9H18N2OS. The summed E-state index contributed by atoms with van der Waals surface area (Å²) in [5, 5.41) is 8.71. The molecule has 0 heterocycles. The van der Waals surface area contributed by atoms with E-state index in [0.717, 1.165) is 6.42 Å². The van der Waals surface area contributed by atoms with Crippen LogP contribution in [0.3, 0.4) is 0 Å². The monoisotopic (exact) mass is 202 g/mol. The molecule has 1 atom stereocenters. The van der Waals surface area contributed by atoms with E-state index >= 15 is 0 Å². The van der Waals surface area contributed by atoms with Gasteiger partial charge in [-0.2, -0.15) is 5.26 Å². The topological polar surface area (TPSA) is 66.9 Å². The molecule has 3 nitrogen and oxygen atoms in total. The zero-order valence-electron chi connectivity index (χ0n) is 8.38. The molecule has 0 aliphatic heterocycles. The SMILES string of the molecule is CC(C)(C#N)CCS(=O)CCCN. The fraction of sp³-hybridized carbons (Fsp3) is 0.889. The summed E-state index contributed by atoms with van der Waals surface area (Å²) in [6.07, 6.45) is 1.50. The second kappa shape index (κ2) is 6.11. The zero-order chi connectivity index (χ0) is 10.3. The standard InChI is InChI=1S/C9H18N2OS/c1-9(2,8-11)4-7-13(12)6-3-5-10/h3-7,10H2,1-2H3. The van der Waals surface area contributed by atoms with Crippen molar-refractivity contribution in [3.8, 4) is 6.07 Å². The first-order chi connectivity index (χ1) is 6.02. The van der Waals surface area contributed by atoms with Crippen molar-refractivity contribution in [1.82, 2.24) is 0 Å². The second-order valence-corrected chi connectivity index (χ2v) is 5.43. The van der Waals surface area contributed by atoms with Gasteiger partial charge in [-0.05, 0) is 33.2 Å². The van der Waals surface area contributed by atoms with E-state index in [1.54, 1.807) is 0 Å². The molecule has 0 aromatic heterocycles. The molecule has 0 amide bonds. The Morgan fingerprint density at radius 2 is 2.08 bits per heavy atom. The van der Waals surface area contributed by atoms with Crippen molar-refractivity contribution in [1.29, 1.82) is 5.26 Å². The minimum Gasteiger partial charge on any atom is -0.330 e. The highest BCUT2D eigenvalue weighted by molar-refractivity contribution is 7.84. The summed E-state index contributed by atoms with van der Waals surface area (Å²) >= 11 is 0. The van der Waals surface area contributed by atoms with Crippen molar-refractivity contribution in [2.45, 2.75) is 26.7 Å². The van der Waals surface area contributed by atoms with Crippen molar-refractivity contribution in [3.05, 3.63) is 0 Å².